The maximum absolute atomic E-state index is 12.3. The summed E-state index contributed by atoms with van der Waals surface area (Å²) in [5, 5.41) is 11.3. The van der Waals surface area contributed by atoms with Crippen LogP contribution in [0, 0.1) is 0 Å². The summed E-state index contributed by atoms with van der Waals surface area (Å²) in [5.41, 5.74) is 0.797. The number of thiazole rings is 1. The summed E-state index contributed by atoms with van der Waals surface area (Å²) in [7, 11) is 0. The van der Waals surface area contributed by atoms with E-state index in [1.54, 1.807) is 11.8 Å². The van der Waals surface area contributed by atoms with Crippen LogP contribution in [0.2, 0.25) is 0 Å². The molecule has 0 aromatic carbocycles. The van der Waals surface area contributed by atoms with Crippen LogP contribution in [0.25, 0.3) is 0 Å². The van der Waals surface area contributed by atoms with E-state index in [1.807, 2.05) is 5.38 Å². The van der Waals surface area contributed by atoms with Crippen molar-refractivity contribution in [2.45, 2.75) is 76.8 Å². The molecule has 0 unspecified atom stereocenters. The van der Waals surface area contributed by atoms with Crippen molar-refractivity contribution in [2.75, 3.05) is 25.0 Å². The first-order valence-electron chi connectivity index (χ1n) is 11.3. The van der Waals surface area contributed by atoms with Gasteiger partial charge in [0.15, 0.2) is 5.13 Å². The number of carbonyl (C=O) groups excluding carboxylic acids is 3. The van der Waals surface area contributed by atoms with Crippen molar-refractivity contribution in [3.8, 4) is 0 Å². The van der Waals surface area contributed by atoms with Gasteiger partial charge in [0.25, 0.3) is 0 Å². The monoisotopic (exact) mass is 451 g/mol. The van der Waals surface area contributed by atoms with Gasteiger partial charge in [-0.15, -0.1) is 11.3 Å². The van der Waals surface area contributed by atoms with Gasteiger partial charge in [0.05, 0.1) is 12.3 Å². The summed E-state index contributed by atoms with van der Waals surface area (Å²) in [6, 6.07) is 0.120. The van der Waals surface area contributed by atoms with Crippen molar-refractivity contribution in [3.63, 3.8) is 0 Å². The predicted molar refractivity (Wildman–Crippen MR) is 119 cm³/mol. The van der Waals surface area contributed by atoms with E-state index in [4.69, 9.17) is 4.74 Å². The van der Waals surface area contributed by atoms with Crippen LogP contribution in [-0.2, 0) is 16.0 Å². The number of piperidine rings is 1. The molecule has 9 nitrogen and oxygen atoms in total. The number of nitrogens with one attached hydrogen (secondary N) is 3. The zero-order valence-electron chi connectivity index (χ0n) is 18.2. The summed E-state index contributed by atoms with van der Waals surface area (Å²) in [6.45, 7) is 3.34. The quantitative estimate of drug-likeness (QED) is 0.589. The van der Waals surface area contributed by atoms with Crippen LogP contribution in [0.15, 0.2) is 5.38 Å². The Hall–Kier alpha value is -2.36. The average Bonchev–Trinajstić information content (AvgIpc) is 3.21. The number of rotatable bonds is 7. The first kappa shape index (κ1) is 23.3. The van der Waals surface area contributed by atoms with Crippen LogP contribution < -0.4 is 16.0 Å². The minimum absolute atomic E-state index is 0.0212. The number of ether oxygens (including phenoxy) is 1. The Bertz CT molecular complexity index is 742. The van der Waals surface area contributed by atoms with Crippen LogP contribution in [0.3, 0.4) is 0 Å². The van der Waals surface area contributed by atoms with Gasteiger partial charge in [0.2, 0.25) is 5.91 Å². The molecule has 3 rings (SSSR count). The molecule has 1 saturated heterocycles. The smallest absolute Gasteiger partial charge is 0.409 e. The zero-order valence-corrected chi connectivity index (χ0v) is 19.0. The minimum atomic E-state index is -0.285. The molecule has 0 bridgehead atoms. The number of carbonyl (C=O) groups is 3. The third kappa shape index (κ3) is 7.68. The number of anilines is 1. The van der Waals surface area contributed by atoms with Crippen molar-refractivity contribution in [1.82, 2.24) is 20.5 Å². The van der Waals surface area contributed by atoms with Crippen LogP contribution in [0.4, 0.5) is 14.7 Å². The van der Waals surface area contributed by atoms with Crippen molar-refractivity contribution in [3.05, 3.63) is 11.1 Å². The van der Waals surface area contributed by atoms with E-state index in [2.05, 4.69) is 20.9 Å². The van der Waals surface area contributed by atoms with E-state index in [0.29, 0.717) is 37.7 Å². The third-order valence-electron chi connectivity index (χ3n) is 5.71. The molecule has 1 aromatic heterocycles. The first-order chi connectivity index (χ1) is 15.0. The summed E-state index contributed by atoms with van der Waals surface area (Å²) in [4.78, 5) is 42.2. The molecule has 1 aliphatic carbocycles. The second-order valence-electron chi connectivity index (χ2n) is 8.11. The summed E-state index contributed by atoms with van der Waals surface area (Å²) in [6.07, 6.45) is 7.68. The Morgan fingerprint density at radius 3 is 2.52 bits per heavy atom. The lowest BCUT2D eigenvalue weighted by molar-refractivity contribution is -0.122. The summed E-state index contributed by atoms with van der Waals surface area (Å²) < 4.78 is 5.01. The molecule has 172 valence electrons. The summed E-state index contributed by atoms with van der Waals surface area (Å²) >= 11 is 1.37. The average molecular weight is 452 g/mol. The summed E-state index contributed by atoms with van der Waals surface area (Å²) in [5.74, 6) is -0.0212. The van der Waals surface area contributed by atoms with Gasteiger partial charge in [-0.05, 0) is 39.0 Å². The Morgan fingerprint density at radius 1 is 1.10 bits per heavy atom. The van der Waals surface area contributed by atoms with Gasteiger partial charge >= 0.3 is 12.1 Å². The lowest BCUT2D eigenvalue weighted by Gasteiger charge is -2.31. The predicted octanol–water partition coefficient (Wildman–Crippen LogP) is 3.27. The Morgan fingerprint density at radius 2 is 1.81 bits per heavy atom. The lowest BCUT2D eigenvalue weighted by Crippen LogP contribution is -2.46. The molecule has 0 radical (unpaired) electrons. The first-order valence-corrected chi connectivity index (χ1v) is 12.1. The second-order valence-corrected chi connectivity index (χ2v) is 8.96. The highest BCUT2D eigenvalue weighted by Crippen LogP contribution is 2.19. The molecule has 4 amide bonds. The van der Waals surface area contributed by atoms with E-state index < -0.39 is 0 Å². The zero-order chi connectivity index (χ0) is 22.1. The van der Waals surface area contributed by atoms with Crippen molar-refractivity contribution in [1.29, 1.82) is 0 Å². The number of hydrogen-bond acceptors (Lipinski definition) is 6. The van der Waals surface area contributed by atoms with Gasteiger partial charge in [-0.1, -0.05) is 19.3 Å². The Labute approximate surface area is 187 Å². The van der Waals surface area contributed by atoms with Gasteiger partial charge in [0.1, 0.15) is 0 Å². The van der Waals surface area contributed by atoms with Crippen LogP contribution in [0.5, 0.6) is 0 Å². The SMILES string of the molecule is CCOC(=O)N1CCC(NC(=O)CCc2csc(NC(=O)NC3CCCCC3)n2)CC1. The van der Waals surface area contributed by atoms with Crippen LogP contribution >= 0.6 is 11.3 Å². The molecule has 3 N–H and O–H groups in total. The van der Waals surface area contributed by atoms with Gasteiger partial charge < -0.3 is 20.3 Å². The van der Waals surface area contributed by atoms with E-state index >= 15 is 0 Å². The van der Waals surface area contributed by atoms with E-state index in [9.17, 15) is 14.4 Å². The third-order valence-corrected chi connectivity index (χ3v) is 6.51. The van der Waals surface area contributed by atoms with Gasteiger partial charge in [-0.25, -0.2) is 14.6 Å². The maximum Gasteiger partial charge on any atom is 0.409 e. The largest absolute Gasteiger partial charge is 0.450 e. The molecule has 0 atom stereocenters. The molecular formula is C21H33N5O4S. The molecule has 2 heterocycles. The van der Waals surface area contributed by atoms with Crippen LogP contribution in [-0.4, -0.2) is 59.7 Å². The highest BCUT2D eigenvalue weighted by Gasteiger charge is 2.24. The van der Waals surface area contributed by atoms with E-state index in [0.717, 1.165) is 31.4 Å². The molecule has 2 aliphatic rings. The van der Waals surface area contributed by atoms with E-state index in [-0.39, 0.29) is 30.1 Å². The van der Waals surface area contributed by atoms with Gasteiger partial charge in [-0.2, -0.15) is 0 Å². The standard InChI is InChI=1S/C21H33N5O4S/c1-2-30-21(29)26-12-10-16(11-13-26)22-18(27)9-8-17-14-31-20(24-17)25-19(28)23-15-6-4-3-5-7-15/h14-16H,2-13H2,1H3,(H,22,27)(H2,23,24,25,28). The number of likely N-dealkylation sites (tertiary alicyclic amines) is 1. The highest BCUT2D eigenvalue weighted by molar-refractivity contribution is 7.13. The fraction of sp³-hybridized carbons (Fsp3) is 0.714. The van der Waals surface area contributed by atoms with Gasteiger partial charge in [-0.3, -0.25) is 10.1 Å². The minimum Gasteiger partial charge on any atom is -0.450 e. The number of hydrogen-bond donors (Lipinski definition) is 3. The Balaban J connectivity index is 1.33. The topological polar surface area (TPSA) is 113 Å². The molecule has 1 saturated carbocycles. The molecule has 2 fully saturated rings. The van der Waals surface area contributed by atoms with Crippen molar-refractivity contribution >= 4 is 34.5 Å². The number of nitrogens with zero attached hydrogens (tertiary/aromatic N) is 2. The maximum atomic E-state index is 12.3. The molecule has 0 spiro atoms. The number of urea groups is 1. The fourth-order valence-corrected chi connectivity index (χ4v) is 4.75. The Kier molecular flexibility index (Phi) is 8.93. The number of aromatic nitrogens is 1. The van der Waals surface area contributed by atoms with Crippen molar-refractivity contribution < 1.29 is 19.1 Å². The van der Waals surface area contributed by atoms with Crippen LogP contribution in [0.1, 0.15) is 64.0 Å². The molecular weight excluding hydrogens is 418 g/mol. The normalized spacial score (nSPS) is 17.8. The molecule has 31 heavy (non-hydrogen) atoms. The second kappa shape index (κ2) is 11.9. The molecule has 1 aliphatic heterocycles. The van der Waals surface area contributed by atoms with Crippen molar-refractivity contribution in [2.24, 2.45) is 0 Å². The number of amides is 4. The van der Waals surface area contributed by atoms with E-state index in [1.165, 1.54) is 30.6 Å². The molecule has 1 aromatic rings. The fourth-order valence-electron chi connectivity index (χ4n) is 4.01. The van der Waals surface area contributed by atoms with Gasteiger partial charge in [0, 0.05) is 37.0 Å². The highest BCUT2D eigenvalue weighted by atomic mass is 32.1. The lowest BCUT2D eigenvalue weighted by atomic mass is 9.96. The molecule has 10 heteroatoms. The number of aryl methyl sites for hydroxylation is 1.